The SMILES string of the molecule is Cc1cccc(-c2cc(Cl)c(F)c(C(=O)CNS(=O)(=O)C[C@H]3CCCNC3)c2)c1. The van der Waals surface area contributed by atoms with Gasteiger partial charge >= 0.3 is 0 Å². The summed E-state index contributed by atoms with van der Waals surface area (Å²) in [7, 11) is -3.64. The lowest BCUT2D eigenvalue weighted by atomic mass is 9.99. The molecule has 1 saturated heterocycles. The summed E-state index contributed by atoms with van der Waals surface area (Å²) in [5, 5.41) is 2.99. The molecule has 1 aliphatic heterocycles. The molecule has 0 aromatic heterocycles. The van der Waals surface area contributed by atoms with Crippen LogP contribution in [0.2, 0.25) is 5.02 Å². The number of carbonyl (C=O) groups excluding carboxylic acids is 1. The fourth-order valence-corrected chi connectivity index (χ4v) is 5.08. The van der Waals surface area contributed by atoms with E-state index >= 15 is 0 Å². The molecule has 1 atom stereocenters. The summed E-state index contributed by atoms with van der Waals surface area (Å²) >= 11 is 6.00. The minimum atomic E-state index is -3.64. The van der Waals surface area contributed by atoms with E-state index in [2.05, 4.69) is 10.0 Å². The predicted octanol–water partition coefficient (Wildman–Crippen LogP) is 3.56. The highest BCUT2D eigenvalue weighted by atomic mass is 35.5. The van der Waals surface area contributed by atoms with Crippen molar-refractivity contribution in [3.63, 3.8) is 0 Å². The van der Waals surface area contributed by atoms with E-state index in [0.29, 0.717) is 12.1 Å². The summed E-state index contributed by atoms with van der Waals surface area (Å²) in [6.45, 7) is 2.95. The molecule has 1 aliphatic rings. The van der Waals surface area contributed by atoms with Gasteiger partial charge in [-0.1, -0.05) is 41.4 Å². The number of Topliss-reactive ketones (excluding diaryl/α,β-unsaturated/α-hetero) is 1. The lowest BCUT2D eigenvalue weighted by molar-refractivity contribution is 0.0993. The third-order valence-corrected chi connectivity index (χ3v) is 6.76. The molecule has 156 valence electrons. The molecule has 5 nitrogen and oxygen atoms in total. The van der Waals surface area contributed by atoms with E-state index in [0.717, 1.165) is 30.5 Å². The topological polar surface area (TPSA) is 75.3 Å². The second-order valence-corrected chi connectivity index (χ2v) is 9.69. The molecule has 2 aromatic rings. The fraction of sp³-hybridized carbons (Fsp3) is 0.381. The average molecular weight is 439 g/mol. The molecule has 2 aromatic carbocycles. The van der Waals surface area contributed by atoms with Gasteiger partial charge in [0.2, 0.25) is 10.0 Å². The van der Waals surface area contributed by atoms with Gasteiger partial charge in [-0.05, 0) is 62.0 Å². The van der Waals surface area contributed by atoms with Crippen LogP contribution >= 0.6 is 11.6 Å². The summed E-state index contributed by atoms with van der Waals surface area (Å²) in [5.41, 5.74) is 2.18. The summed E-state index contributed by atoms with van der Waals surface area (Å²) in [4.78, 5) is 12.6. The van der Waals surface area contributed by atoms with Crippen LogP contribution in [0.4, 0.5) is 4.39 Å². The smallest absolute Gasteiger partial charge is 0.212 e. The molecule has 1 fully saturated rings. The maximum Gasteiger partial charge on any atom is 0.212 e. The molecule has 0 unspecified atom stereocenters. The van der Waals surface area contributed by atoms with Gasteiger partial charge in [0, 0.05) is 0 Å². The Morgan fingerprint density at radius 2 is 2.07 bits per heavy atom. The van der Waals surface area contributed by atoms with Gasteiger partial charge in [0.05, 0.1) is 22.9 Å². The zero-order valence-corrected chi connectivity index (χ0v) is 17.7. The van der Waals surface area contributed by atoms with E-state index in [4.69, 9.17) is 11.6 Å². The van der Waals surface area contributed by atoms with Crippen LogP contribution in [0.15, 0.2) is 36.4 Å². The van der Waals surface area contributed by atoms with Crippen molar-refractivity contribution in [2.75, 3.05) is 25.4 Å². The predicted molar refractivity (Wildman–Crippen MR) is 113 cm³/mol. The zero-order chi connectivity index (χ0) is 21.0. The third kappa shape index (κ3) is 5.85. The van der Waals surface area contributed by atoms with Crippen molar-refractivity contribution in [2.45, 2.75) is 19.8 Å². The monoisotopic (exact) mass is 438 g/mol. The first-order valence-corrected chi connectivity index (χ1v) is 11.6. The molecule has 0 radical (unpaired) electrons. The molecule has 1 heterocycles. The third-order valence-electron chi connectivity index (χ3n) is 4.99. The summed E-state index contributed by atoms with van der Waals surface area (Å²) in [6, 6.07) is 10.4. The second kappa shape index (κ2) is 9.34. The summed E-state index contributed by atoms with van der Waals surface area (Å²) < 4.78 is 41.4. The molecular weight excluding hydrogens is 415 g/mol. The standard InChI is InChI=1S/C21H24ClFN2O3S/c1-14-4-2-6-16(8-14)17-9-18(21(23)19(22)10-17)20(26)12-25-29(27,28)13-15-5-3-7-24-11-15/h2,4,6,8-10,15,24-25H,3,5,7,11-13H2,1H3/t15-/m0/s1. The lowest BCUT2D eigenvalue weighted by Crippen LogP contribution is -2.39. The van der Waals surface area contributed by atoms with Crippen LogP contribution in [0.25, 0.3) is 11.1 Å². The van der Waals surface area contributed by atoms with Crippen LogP contribution in [0.1, 0.15) is 28.8 Å². The Labute approximate surface area is 175 Å². The maximum absolute atomic E-state index is 14.5. The fourth-order valence-electron chi connectivity index (χ4n) is 3.49. The van der Waals surface area contributed by atoms with Gasteiger partial charge < -0.3 is 5.32 Å². The Balaban J connectivity index is 1.74. The van der Waals surface area contributed by atoms with Crippen LogP contribution in [0, 0.1) is 18.7 Å². The van der Waals surface area contributed by atoms with Crippen molar-refractivity contribution in [1.29, 1.82) is 0 Å². The number of hydrogen-bond acceptors (Lipinski definition) is 4. The van der Waals surface area contributed by atoms with Crippen molar-refractivity contribution in [1.82, 2.24) is 10.0 Å². The molecule has 0 bridgehead atoms. The first-order chi connectivity index (χ1) is 13.7. The highest BCUT2D eigenvalue weighted by molar-refractivity contribution is 7.89. The summed E-state index contributed by atoms with van der Waals surface area (Å²) in [6.07, 6.45) is 1.75. The number of carbonyl (C=O) groups is 1. The highest BCUT2D eigenvalue weighted by Crippen LogP contribution is 2.28. The molecule has 0 spiro atoms. The highest BCUT2D eigenvalue weighted by Gasteiger charge is 2.23. The number of hydrogen-bond donors (Lipinski definition) is 2. The first-order valence-electron chi connectivity index (χ1n) is 9.52. The molecule has 0 saturated carbocycles. The molecule has 29 heavy (non-hydrogen) atoms. The van der Waals surface area contributed by atoms with Crippen molar-refractivity contribution in [3.05, 3.63) is 58.4 Å². The van der Waals surface area contributed by atoms with E-state index in [-0.39, 0.29) is 22.3 Å². The molecule has 8 heteroatoms. The van der Waals surface area contributed by atoms with Crippen molar-refractivity contribution in [2.24, 2.45) is 5.92 Å². The number of ketones is 1. The Kier molecular flexibility index (Phi) is 7.05. The van der Waals surface area contributed by atoms with Gasteiger partial charge in [-0.3, -0.25) is 4.79 Å². The Morgan fingerprint density at radius 3 is 2.76 bits per heavy atom. The van der Waals surface area contributed by atoms with Gasteiger partial charge in [0.15, 0.2) is 11.6 Å². The van der Waals surface area contributed by atoms with E-state index < -0.39 is 28.2 Å². The minimum absolute atomic E-state index is 0.00665. The van der Waals surface area contributed by atoms with Crippen molar-refractivity contribution in [3.8, 4) is 11.1 Å². The van der Waals surface area contributed by atoms with Crippen molar-refractivity contribution < 1.29 is 17.6 Å². The van der Waals surface area contributed by atoms with Crippen LogP contribution in [-0.4, -0.2) is 39.6 Å². The van der Waals surface area contributed by atoms with Crippen molar-refractivity contribution >= 4 is 27.4 Å². The Morgan fingerprint density at radius 1 is 1.28 bits per heavy atom. The van der Waals surface area contributed by atoms with Crippen LogP contribution in [-0.2, 0) is 10.0 Å². The van der Waals surface area contributed by atoms with Gasteiger partial charge in [-0.15, -0.1) is 0 Å². The second-order valence-electron chi connectivity index (χ2n) is 7.43. The number of nitrogens with one attached hydrogen (secondary N) is 2. The molecule has 3 rings (SSSR count). The molecular formula is C21H24ClFN2O3S. The minimum Gasteiger partial charge on any atom is -0.316 e. The Bertz CT molecular complexity index is 1000. The van der Waals surface area contributed by atoms with Crippen LogP contribution in [0.5, 0.6) is 0 Å². The number of benzene rings is 2. The van der Waals surface area contributed by atoms with E-state index in [1.54, 1.807) is 0 Å². The Hall–Kier alpha value is -1.80. The van der Waals surface area contributed by atoms with E-state index in [1.807, 2.05) is 31.2 Å². The largest absolute Gasteiger partial charge is 0.316 e. The lowest BCUT2D eigenvalue weighted by Gasteiger charge is -2.22. The molecule has 0 amide bonds. The number of piperidine rings is 1. The van der Waals surface area contributed by atoms with E-state index in [9.17, 15) is 17.6 Å². The zero-order valence-electron chi connectivity index (χ0n) is 16.2. The van der Waals surface area contributed by atoms with Gasteiger partial charge in [0.25, 0.3) is 0 Å². The quantitative estimate of drug-likeness (QED) is 0.648. The van der Waals surface area contributed by atoms with Crippen LogP contribution < -0.4 is 10.0 Å². The van der Waals surface area contributed by atoms with E-state index in [1.165, 1.54) is 12.1 Å². The number of halogens is 2. The molecule has 0 aliphatic carbocycles. The van der Waals surface area contributed by atoms with Gasteiger partial charge in [0.1, 0.15) is 0 Å². The van der Waals surface area contributed by atoms with Gasteiger partial charge in [-0.25, -0.2) is 17.5 Å². The number of rotatable bonds is 7. The average Bonchev–Trinajstić information content (AvgIpc) is 2.68. The maximum atomic E-state index is 14.5. The van der Waals surface area contributed by atoms with Gasteiger partial charge in [-0.2, -0.15) is 0 Å². The first kappa shape index (κ1) is 21.9. The number of sulfonamides is 1. The summed E-state index contributed by atoms with van der Waals surface area (Å²) in [5.74, 6) is -1.56. The molecule has 2 N–H and O–H groups in total. The van der Waals surface area contributed by atoms with Crippen LogP contribution in [0.3, 0.4) is 0 Å². The normalized spacial score (nSPS) is 17.3. The number of aryl methyl sites for hydroxylation is 1.